The molecule has 10 nitrogen and oxygen atoms in total. The number of alkyl halides is 5. The molecule has 3 N–H and O–H groups in total. The van der Waals surface area contributed by atoms with Crippen molar-refractivity contribution < 1.29 is 41.0 Å². The highest BCUT2D eigenvalue weighted by Crippen LogP contribution is 2.42. The van der Waals surface area contributed by atoms with Crippen molar-refractivity contribution in [2.45, 2.75) is 108 Å². The zero-order valence-corrected chi connectivity index (χ0v) is 27.7. The second kappa shape index (κ2) is 14.9. The molecule has 3 aromatic rings. The van der Waals surface area contributed by atoms with E-state index in [0.29, 0.717) is 34.8 Å². The molecule has 15 heteroatoms. The van der Waals surface area contributed by atoms with Crippen molar-refractivity contribution in [3.8, 4) is 0 Å². The van der Waals surface area contributed by atoms with Gasteiger partial charge in [0, 0.05) is 25.4 Å². The Labute approximate surface area is 281 Å². The molecule has 2 amide bonds. The number of carbonyl (C=O) groups excluding carboxylic acids is 2. The summed E-state index contributed by atoms with van der Waals surface area (Å²) in [7, 11) is 0. The Morgan fingerprint density at radius 1 is 1.02 bits per heavy atom. The maximum Gasteiger partial charge on any atom is 0.409 e. The highest BCUT2D eigenvalue weighted by Gasteiger charge is 2.42. The summed E-state index contributed by atoms with van der Waals surface area (Å²) in [5.74, 6) is -2.77. The molecular weight excluding hydrogens is 651 g/mol. The Morgan fingerprint density at radius 2 is 1.71 bits per heavy atom. The number of rotatable bonds is 12. The predicted molar refractivity (Wildman–Crippen MR) is 170 cm³/mol. The van der Waals surface area contributed by atoms with Gasteiger partial charge >= 0.3 is 18.4 Å². The van der Waals surface area contributed by atoms with Crippen molar-refractivity contribution in [1.82, 2.24) is 30.5 Å². The lowest BCUT2D eigenvalue weighted by Crippen LogP contribution is -2.51. The fourth-order valence-electron chi connectivity index (χ4n) is 5.95. The van der Waals surface area contributed by atoms with E-state index in [4.69, 9.17) is 14.5 Å². The van der Waals surface area contributed by atoms with Gasteiger partial charge in [-0.05, 0) is 69.1 Å². The largest absolute Gasteiger partial charge is 0.445 e. The van der Waals surface area contributed by atoms with E-state index in [1.165, 1.54) is 4.52 Å². The number of ether oxygens (including phenoxy) is 2. The average Bonchev–Trinajstić information content (AvgIpc) is 3.74. The number of aromatic nitrogens is 3. The number of nitrogens with zero attached hydrogens (tertiary/aromatic N) is 3. The molecule has 2 saturated carbocycles. The second-order valence-corrected chi connectivity index (χ2v) is 14.0. The molecule has 2 aliphatic rings. The maximum absolute atomic E-state index is 14.0. The smallest absolute Gasteiger partial charge is 0.409 e. The Hall–Kier alpha value is -4.01. The van der Waals surface area contributed by atoms with E-state index in [1.54, 1.807) is 69.6 Å². The Bertz CT molecular complexity index is 1560. The summed E-state index contributed by atoms with van der Waals surface area (Å²) in [5.41, 5.74) is 1.24. The Balaban J connectivity index is 1.32. The summed E-state index contributed by atoms with van der Waals surface area (Å²) >= 11 is 0. The Morgan fingerprint density at radius 3 is 2.35 bits per heavy atom. The van der Waals surface area contributed by atoms with Crippen LogP contribution in [0.3, 0.4) is 0 Å². The third-order valence-corrected chi connectivity index (χ3v) is 8.72. The molecule has 0 aliphatic heterocycles. The number of amides is 2. The van der Waals surface area contributed by atoms with Crippen LogP contribution in [0.5, 0.6) is 0 Å². The van der Waals surface area contributed by atoms with Gasteiger partial charge in [-0.3, -0.25) is 0 Å². The van der Waals surface area contributed by atoms with Crippen LogP contribution in [-0.2, 0) is 16.1 Å². The molecule has 2 fully saturated rings. The molecule has 3 atom stereocenters. The lowest BCUT2D eigenvalue weighted by atomic mass is 9.81. The number of benzene rings is 1. The molecule has 5 rings (SSSR count). The zero-order valence-electron chi connectivity index (χ0n) is 27.7. The van der Waals surface area contributed by atoms with Crippen LogP contribution in [0.15, 0.2) is 48.8 Å². The van der Waals surface area contributed by atoms with Gasteiger partial charge in [-0.25, -0.2) is 27.9 Å². The van der Waals surface area contributed by atoms with Crippen molar-refractivity contribution in [3.05, 3.63) is 65.6 Å². The van der Waals surface area contributed by atoms with E-state index < -0.39 is 54.6 Å². The summed E-state index contributed by atoms with van der Waals surface area (Å²) in [5, 5.41) is 12.2. The third kappa shape index (κ3) is 10.7. The van der Waals surface area contributed by atoms with E-state index >= 15 is 0 Å². The van der Waals surface area contributed by atoms with Gasteiger partial charge in [0.05, 0.1) is 24.1 Å². The SMILES string of the molecule is CC(C)(C)OC(=O)N[C@H](c1cn2ncc([C@H](CC3CC3)NC[C@H](NC(=O)OCc3ccccc3)C(F)(F)F)cc2n1)C1CCC(F)(F)CC1. The Kier molecular flexibility index (Phi) is 11.0. The minimum atomic E-state index is -4.75. The first-order chi connectivity index (χ1) is 23.0. The predicted octanol–water partition coefficient (Wildman–Crippen LogP) is 7.41. The van der Waals surface area contributed by atoms with Crippen LogP contribution in [0.4, 0.5) is 31.5 Å². The van der Waals surface area contributed by atoms with Crippen molar-refractivity contribution in [2.24, 2.45) is 11.8 Å². The first-order valence-corrected chi connectivity index (χ1v) is 16.5. The van der Waals surface area contributed by atoms with E-state index in [-0.39, 0.29) is 38.2 Å². The van der Waals surface area contributed by atoms with Crippen LogP contribution >= 0.6 is 0 Å². The van der Waals surface area contributed by atoms with Gasteiger partial charge in [-0.1, -0.05) is 43.2 Å². The number of imidazole rings is 1. The summed E-state index contributed by atoms with van der Waals surface area (Å²) in [6, 6.07) is 6.86. The molecular formula is C34H43F5N6O4. The van der Waals surface area contributed by atoms with Gasteiger partial charge < -0.3 is 25.4 Å². The molecule has 0 radical (unpaired) electrons. The monoisotopic (exact) mass is 694 g/mol. The summed E-state index contributed by atoms with van der Waals surface area (Å²) in [4.78, 5) is 29.8. The first-order valence-electron chi connectivity index (χ1n) is 16.5. The minimum Gasteiger partial charge on any atom is -0.445 e. The van der Waals surface area contributed by atoms with Gasteiger partial charge in [-0.15, -0.1) is 0 Å². The highest BCUT2D eigenvalue weighted by atomic mass is 19.4. The van der Waals surface area contributed by atoms with Crippen LogP contribution in [0.25, 0.3) is 5.65 Å². The fourth-order valence-corrected chi connectivity index (χ4v) is 5.95. The quantitative estimate of drug-likeness (QED) is 0.169. The van der Waals surface area contributed by atoms with Gasteiger partial charge in [0.15, 0.2) is 5.65 Å². The molecule has 2 heterocycles. The van der Waals surface area contributed by atoms with Gasteiger partial charge in [0.2, 0.25) is 5.92 Å². The molecule has 0 spiro atoms. The maximum atomic E-state index is 14.0. The highest BCUT2D eigenvalue weighted by molar-refractivity contribution is 5.68. The zero-order chi connectivity index (χ0) is 35.4. The van der Waals surface area contributed by atoms with Crippen molar-refractivity contribution in [1.29, 1.82) is 0 Å². The number of halogens is 5. The van der Waals surface area contributed by atoms with Gasteiger partial charge in [0.25, 0.3) is 0 Å². The normalized spacial score (nSPS) is 18.8. The lowest BCUT2D eigenvalue weighted by molar-refractivity contribution is -0.153. The molecule has 0 bridgehead atoms. The van der Waals surface area contributed by atoms with Crippen molar-refractivity contribution in [3.63, 3.8) is 0 Å². The topological polar surface area (TPSA) is 119 Å². The molecule has 0 saturated heterocycles. The van der Waals surface area contributed by atoms with Crippen LogP contribution in [-0.4, -0.2) is 57.1 Å². The summed E-state index contributed by atoms with van der Waals surface area (Å²) in [6.45, 7) is 4.37. The van der Waals surface area contributed by atoms with Crippen LogP contribution in [0, 0.1) is 11.8 Å². The second-order valence-electron chi connectivity index (χ2n) is 14.0. The summed E-state index contributed by atoms with van der Waals surface area (Å²) < 4.78 is 82.0. The van der Waals surface area contributed by atoms with Crippen LogP contribution in [0.1, 0.15) is 94.6 Å². The molecule has 2 aliphatic carbocycles. The molecule has 268 valence electrons. The van der Waals surface area contributed by atoms with E-state index in [0.717, 1.165) is 12.8 Å². The lowest BCUT2D eigenvalue weighted by Gasteiger charge is -2.33. The molecule has 49 heavy (non-hydrogen) atoms. The number of hydrogen-bond acceptors (Lipinski definition) is 7. The summed E-state index contributed by atoms with van der Waals surface area (Å²) in [6.07, 6.45) is -1.32. The van der Waals surface area contributed by atoms with E-state index in [2.05, 4.69) is 15.7 Å². The molecule has 1 aromatic carbocycles. The first kappa shape index (κ1) is 36.3. The van der Waals surface area contributed by atoms with Crippen molar-refractivity contribution in [2.75, 3.05) is 6.54 Å². The number of carbonyl (C=O) groups is 2. The van der Waals surface area contributed by atoms with Crippen LogP contribution in [0.2, 0.25) is 0 Å². The fraction of sp³-hybridized carbons (Fsp3) is 0.588. The standard InChI is InChI=1S/C34H43F5N6O4/c1-32(2,3)49-31(47)44-29(23-11-13-33(35,36)14-12-23)26-19-45-28(42-26)16-24(17-41-45)25(15-21-9-10-21)40-18-27(34(37,38)39)43-30(46)48-20-22-7-5-4-6-8-22/h4-8,16-17,19,21,23,25,27,29,40H,9-15,18,20H2,1-3H3,(H,43,46)(H,44,47)/t25-,27-,29-/m0/s1. The van der Waals surface area contributed by atoms with E-state index in [1.807, 2.05) is 5.32 Å². The van der Waals surface area contributed by atoms with Crippen LogP contribution < -0.4 is 16.0 Å². The minimum absolute atomic E-state index is 0.168. The number of nitrogens with one attached hydrogen (secondary N) is 3. The third-order valence-electron chi connectivity index (χ3n) is 8.72. The van der Waals surface area contributed by atoms with Gasteiger partial charge in [0.1, 0.15) is 18.2 Å². The number of alkyl carbamates (subject to hydrolysis) is 2. The number of fused-ring (bicyclic) bond motifs is 1. The van der Waals surface area contributed by atoms with Gasteiger partial charge in [-0.2, -0.15) is 18.3 Å². The number of hydrogen-bond donors (Lipinski definition) is 3. The molecule has 0 unspecified atom stereocenters. The average molecular weight is 695 g/mol. The van der Waals surface area contributed by atoms with E-state index in [9.17, 15) is 31.5 Å². The molecule has 2 aromatic heterocycles. The van der Waals surface area contributed by atoms with Crippen molar-refractivity contribution >= 4 is 17.8 Å².